The van der Waals surface area contributed by atoms with Crippen molar-refractivity contribution in [1.29, 1.82) is 0 Å². The Labute approximate surface area is 131 Å². The van der Waals surface area contributed by atoms with Crippen molar-refractivity contribution in [3.05, 3.63) is 29.8 Å². The van der Waals surface area contributed by atoms with Crippen molar-refractivity contribution >= 4 is 17.4 Å². The lowest BCUT2D eigenvalue weighted by atomic mass is 9.84. The quantitative estimate of drug-likeness (QED) is 0.846. The molecule has 0 aliphatic carbocycles. The summed E-state index contributed by atoms with van der Waals surface area (Å²) in [5.41, 5.74) is 0.486. The monoisotopic (exact) mass is 301 g/mol. The van der Waals surface area contributed by atoms with Crippen LogP contribution in [0.1, 0.15) is 57.4 Å². The molecule has 0 radical (unpaired) electrons. The van der Waals surface area contributed by atoms with Crippen LogP contribution in [0.3, 0.4) is 0 Å². The van der Waals surface area contributed by atoms with Gasteiger partial charge < -0.3 is 10.1 Å². The van der Waals surface area contributed by atoms with E-state index in [-0.39, 0.29) is 24.2 Å². The number of ether oxygens (including phenoxy) is 1. The van der Waals surface area contributed by atoms with Crippen LogP contribution in [0.5, 0.6) is 0 Å². The number of nitrogens with one attached hydrogen (secondary N) is 1. The van der Waals surface area contributed by atoms with Gasteiger partial charge in [0.05, 0.1) is 6.10 Å². The van der Waals surface area contributed by atoms with E-state index in [2.05, 4.69) is 12.2 Å². The molecule has 1 saturated heterocycles. The molecule has 1 N–H and O–H groups in total. The fraction of sp³-hybridized carbons (Fsp3) is 0.556. The highest BCUT2D eigenvalue weighted by Crippen LogP contribution is 2.45. The number of ketones is 1. The minimum atomic E-state index is -1.10. The number of anilines is 1. The van der Waals surface area contributed by atoms with Crippen LogP contribution >= 0.6 is 0 Å². The Hall–Kier alpha value is -1.68. The Morgan fingerprint density at radius 3 is 2.86 bits per heavy atom. The molecule has 0 aromatic heterocycles. The molecule has 1 fully saturated rings. The molecule has 2 atom stereocenters. The van der Waals surface area contributed by atoms with Crippen LogP contribution in [0.2, 0.25) is 0 Å². The number of rotatable bonds is 5. The number of para-hydroxylation sites is 1. The first-order chi connectivity index (χ1) is 10.7. The van der Waals surface area contributed by atoms with Gasteiger partial charge in [0.1, 0.15) is 5.78 Å². The van der Waals surface area contributed by atoms with Crippen molar-refractivity contribution in [3.8, 4) is 0 Å². The molecule has 1 aromatic carbocycles. The largest absolute Gasteiger partial charge is 0.356 e. The number of benzene rings is 1. The van der Waals surface area contributed by atoms with E-state index in [0.717, 1.165) is 30.5 Å². The van der Waals surface area contributed by atoms with Crippen molar-refractivity contribution in [1.82, 2.24) is 0 Å². The van der Waals surface area contributed by atoms with Crippen LogP contribution in [0.4, 0.5) is 5.69 Å². The predicted molar refractivity (Wildman–Crippen MR) is 84.6 cm³/mol. The Morgan fingerprint density at radius 2 is 2.05 bits per heavy atom. The molecule has 2 aliphatic heterocycles. The molecule has 1 amide bonds. The first-order valence-electron chi connectivity index (χ1n) is 8.26. The summed E-state index contributed by atoms with van der Waals surface area (Å²) in [5.74, 6) is -0.0705. The normalized spacial score (nSPS) is 27.0. The van der Waals surface area contributed by atoms with Crippen molar-refractivity contribution in [2.75, 3.05) is 5.32 Å². The van der Waals surface area contributed by atoms with Gasteiger partial charge >= 0.3 is 0 Å². The average Bonchev–Trinajstić information content (AvgIpc) is 2.76. The molecular formula is C18H23NO3. The van der Waals surface area contributed by atoms with E-state index in [0.29, 0.717) is 6.42 Å². The van der Waals surface area contributed by atoms with Gasteiger partial charge in [-0.15, -0.1) is 0 Å². The third-order valence-corrected chi connectivity index (χ3v) is 4.63. The topological polar surface area (TPSA) is 55.4 Å². The molecule has 2 heterocycles. The molecule has 4 nitrogen and oxygen atoms in total. The number of carbonyl (C=O) groups excluding carboxylic acids is 2. The van der Waals surface area contributed by atoms with Crippen molar-refractivity contribution in [3.63, 3.8) is 0 Å². The maximum atomic E-state index is 12.5. The molecule has 0 bridgehead atoms. The number of fused-ring (bicyclic) bond motifs is 2. The third kappa shape index (κ3) is 2.68. The van der Waals surface area contributed by atoms with Crippen LogP contribution in [0.25, 0.3) is 0 Å². The van der Waals surface area contributed by atoms with Gasteiger partial charge in [-0.25, -0.2) is 0 Å². The summed E-state index contributed by atoms with van der Waals surface area (Å²) in [5, 5.41) is 2.86. The maximum absolute atomic E-state index is 12.5. The van der Waals surface area contributed by atoms with E-state index >= 15 is 0 Å². The highest BCUT2D eigenvalue weighted by Gasteiger charge is 2.53. The zero-order valence-electron chi connectivity index (χ0n) is 13.1. The summed E-state index contributed by atoms with van der Waals surface area (Å²) < 4.78 is 6.19. The molecule has 4 heteroatoms. The fourth-order valence-electron chi connectivity index (χ4n) is 3.51. The highest BCUT2D eigenvalue weighted by atomic mass is 16.5. The van der Waals surface area contributed by atoms with Gasteiger partial charge in [0.15, 0.2) is 5.60 Å². The van der Waals surface area contributed by atoms with Crippen LogP contribution in [-0.2, 0) is 19.9 Å². The molecule has 22 heavy (non-hydrogen) atoms. The summed E-state index contributed by atoms with van der Waals surface area (Å²) in [4.78, 5) is 24.7. The second kappa shape index (κ2) is 6.21. The molecule has 0 unspecified atom stereocenters. The van der Waals surface area contributed by atoms with Gasteiger partial charge in [-0.3, -0.25) is 9.59 Å². The SMILES string of the molecule is CCCCCC[C@H]1CC(=O)C[C@]2(O1)C(=O)Nc1ccccc12. The molecule has 2 aliphatic rings. The number of amides is 1. The smallest absolute Gasteiger partial charge is 0.261 e. The maximum Gasteiger partial charge on any atom is 0.261 e. The van der Waals surface area contributed by atoms with Gasteiger partial charge in [-0.1, -0.05) is 50.8 Å². The van der Waals surface area contributed by atoms with Gasteiger partial charge in [-0.2, -0.15) is 0 Å². The molecule has 118 valence electrons. The van der Waals surface area contributed by atoms with E-state index in [1.54, 1.807) is 0 Å². The lowest BCUT2D eigenvalue weighted by molar-refractivity contribution is -0.170. The number of unbranched alkanes of at least 4 members (excludes halogenated alkanes) is 3. The minimum Gasteiger partial charge on any atom is -0.356 e. The van der Waals surface area contributed by atoms with Gasteiger partial charge in [0.2, 0.25) is 0 Å². The van der Waals surface area contributed by atoms with Gasteiger partial charge in [0.25, 0.3) is 5.91 Å². The number of hydrogen-bond acceptors (Lipinski definition) is 3. The summed E-state index contributed by atoms with van der Waals surface area (Å²) in [6, 6.07) is 7.52. The molecular weight excluding hydrogens is 278 g/mol. The zero-order chi connectivity index (χ0) is 15.6. The summed E-state index contributed by atoms with van der Waals surface area (Å²) in [6.45, 7) is 2.18. The summed E-state index contributed by atoms with van der Waals surface area (Å²) in [7, 11) is 0. The van der Waals surface area contributed by atoms with Gasteiger partial charge in [-0.05, 0) is 12.5 Å². The Balaban J connectivity index is 1.78. The highest BCUT2D eigenvalue weighted by molar-refractivity contribution is 6.07. The first-order valence-corrected chi connectivity index (χ1v) is 8.26. The van der Waals surface area contributed by atoms with Crippen LogP contribution in [-0.4, -0.2) is 17.8 Å². The number of carbonyl (C=O) groups is 2. The summed E-state index contributed by atoms with van der Waals surface area (Å²) in [6.07, 6.45) is 5.88. The number of Topliss-reactive ketones (excluding diaryl/α,β-unsaturated/α-hetero) is 1. The Bertz CT molecular complexity index is 583. The molecule has 1 spiro atoms. The first kappa shape index (κ1) is 15.2. The van der Waals surface area contributed by atoms with Crippen LogP contribution in [0, 0.1) is 0 Å². The third-order valence-electron chi connectivity index (χ3n) is 4.63. The Kier molecular flexibility index (Phi) is 4.30. The van der Waals surface area contributed by atoms with E-state index in [9.17, 15) is 9.59 Å². The van der Waals surface area contributed by atoms with E-state index in [1.165, 1.54) is 12.8 Å². The predicted octanol–water partition coefficient (Wildman–Crippen LogP) is 3.55. The number of hydrogen-bond donors (Lipinski definition) is 1. The molecule has 0 saturated carbocycles. The molecule has 1 aromatic rings. The lowest BCUT2D eigenvalue weighted by Gasteiger charge is -2.36. The van der Waals surface area contributed by atoms with Crippen molar-refractivity contribution in [2.24, 2.45) is 0 Å². The fourth-order valence-corrected chi connectivity index (χ4v) is 3.51. The average molecular weight is 301 g/mol. The second-order valence-corrected chi connectivity index (χ2v) is 6.34. The minimum absolute atomic E-state index is 0.124. The van der Waals surface area contributed by atoms with E-state index in [4.69, 9.17) is 4.74 Å². The second-order valence-electron chi connectivity index (χ2n) is 6.34. The standard InChI is InChI=1S/C18H23NO3/c1-2-3-4-5-8-14-11-13(20)12-18(22-14)15-9-6-7-10-16(15)19-17(18)21/h6-7,9-10,14H,2-5,8,11-12H2,1H3,(H,19,21)/t14-,18+/m0/s1. The zero-order valence-corrected chi connectivity index (χ0v) is 13.1. The molecule has 3 rings (SSSR count). The van der Waals surface area contributed by atoms with E-state index < -0.39 is 5.60 Å². The van der Waals surface area contributed by atoms with Crippen LogP contribution < -0.4 is 5.32 Å². The lowest BCUT2D eigenvalue weighted by Crippen LogP contribution is -2.47. The summed E-state index contributed by atoms with van der Waals surface area (Å²) >= 11 is 0. The van der Waals surface area contributed by atoms with Crippen molar-refractivity contribution < 1.29 is 14.3 Å². The Morgan fingerprint density at radius 1 is 1.23 bits per heavy atom. The van der Waals surface area contributed by atoms with Crippen LogP contribution in [0.15, 0.2) is 24.3 Å². The van der Waals surface area contributed by atoms with Crippen molar-refractivity contribution in [2.45, 2.75) is 63.6 Å². The van der Waals surface area contributed by atoms with E-state index in [1.807, 2.05) is 24.3 Å². The van der Waals surface area contributed by atoms with Gasteiger partial charge in [0, 0.05) is 24.1 Å².